The number of thiophene rings is 1. The molecular weight excluding hydrogens is 412 g/mol. The highest BCUT2D eigenvalue weighted by atomic mass is 32.3. The Morgan fingerprint density at radius 1 is 1.04 bits per heavy atom. The van der Waals surface area contributed by atoms with Crippen LogP contribution in [0.2, 0.25) is 0 Å². The van der Waals surface area contributed by atoms with E-state index >= 15 is 0 Å². The van der Waals surface area contributed by atoms with Crippen LogP contribution in [0.1, 0.15) is 19.3 Å². The van der Waals surface area contributed by atoms with Crippen molar-refractivity contribution in [3.8, 4) is 0 Å². The minimum absolute atomic E-state index is 0.0500. The van der Waals surface area contributed by atoms with E-state index < -0.39 is 31.9 Å². The Bertz CT molecular complexity index is 984. The molecule has 148 valence electrons. The summed E-state index contributed by atoms with van der Waals surface area (Å²) in [5.74, 6) is -1.30. The average molecular weight is 433 g/mol. The summed E-state index contributed by atoms with van der Waals surface area (Å²) in [5.41, 5.74) is 5.36. The van der Waals surface area contributed by atoms with Gasteiger partial charge in [-0.25, -0.2) is 16.8 Å². The van der Waals surface area contributed by atoms with Crippen LogP contribution in [0.25, 0.3) is 0 Å². The van der Waals surface area contributed by atoms with Crippen LogP contribution < -0.4 is 10.5 Å². The van der Waals surface area contributed by atoms with Crippen molar-refractivity contribution >= 4 is 37.2 Å². The van der Waals surface area contributed by atoms with Crippen molar-refractivity contribution in [2.75, 3.05) is 6.54 Å². The fraction of sp³-hybridized carbons (Fsp3) is 0.312. The third-order valence-electron chi connectivity index (χ3n) is 3.68. The molecule has 0 aliphatic carbocycles. The van der Waals surface area contributed by atoms with Crippen LogP contribution in [-0.2, 0) is 24.7 Å². The number of unbranched alkanes of at least 4 members (excludes halogenated alkanes) is 1. The maximum atomic E-state index is 12.6. The number of aliphatic carboxylic acids is 1. The van der Waals surface area contributed by atoms with Crippen LogP contribution in [0.5, 0.6) is 0 Å². The lowest BCUT2D eigenvalue weighted by Crippen LogP contribution is -2.40. The molecule has 1 aromatic heterocycles. The van der Waals surface area contributed by atoms with Gasteiger partial charge < -0.3 is 10.8 Å². The van der Waals surface area contributed by atoms with E-state index in [2.05, 4.69) is 4.72 Å². The van der Waals surface area contributed by atoms with Gasteiger partial charge in [0, 0.05) is 0 Å². The van der Waals surface area contributed by atoms with Crippen molar-refractivity contribution in [2.24, 2.45) is 5.73 Å². The fourth-order valence-electron chi connectivity index (χ4n) is 2.28. The average Bonchev–Trinajstić information content (AvgIpc) is 3.13. The van der Waals surface area contributed by atoms with Crippen LogP contribution in [0, 0.1) is 0 Å². The molecule has 4 N–H and O–H groups in total. The van der Waals surface area contributed by atoms with E-state index in [1.807, 2.05) is 0 Å². The highest BCUT2D eigenvalue weighted by molar-refractivity contribution is 7.95. The standard InChI is InChI=1S/C16H20N2O6S3/c17-11-5-4-8-13(16(19)20)18-27(23,24)15-10-9-14(25-15)26(21,22)12-6-2-1-3-7-12/h1-3,6-7,9-10,13,18H,4-5,8,11,17H2,(H,19,20)/t13-/m0/s1. The SMILES string of the molecule is NCCCC[C@H](NS(=O)(=O)c1ccc(S(=O)(=O)c2ccccc2)s1)C(=O)O. The summed E-state index contributed by atoms with van der Waals surface area (Å²) < 4.78 is 51.8. The summed E-state index contributed by atoms with van der Waals surface area (Å²) in [5, 5.41) is 9.22. The second kappa shape index (κ2) is 8.93. The third-order valence-corrected chi connectivity index (χ3v) is 8.99. The second-order valence-corrected chi connectivity index (χ2v) is 10.9. The fourth-order valence-corrected chi connectivity index (χ4v) is 6.71. The number of sulfonamides is 1. The number of nitrogens with two attached hydrogens (primary N) is 1. The van der Waals surface area contributed by atoms with Gasteiger partial charge in [-0.3, -0.25) is 4.79 Å². The largest absolute Gasteiger partial charge is 0.480 e. The number of sulfone groups is 1. The summed E-state index contributed by atoms with van der Waals surface area (Å²) in [4.78, 5) is 11.4. The lowest BCUT2D eigenvalue weighted by molar-refractivity contribution is -0.139. The van der Waals surface area contributed by atoms with Gasteiger partial charge >= 0.3 is 5.97 Å². The van der Waals surface area contributed by atoms with Crippen molar-refractivity contribution in [1.82, 2.24) is 4.72 Å². The number of rotatable bonds is 10. The van der Waals surface area contributed by atoms with E-state index in [4.69, 9.17) is 5.73 Å². The number of carboxylic acid groups (broad SMARTS) is 1. The number of nitrogens with one attached hydrogen (secondary N) is 1. The number of carboxylic acids is 1. The first kappa shape index (κ1) is 21.5. The van der Waals surface area contributed by atoms with E-state index in [0.717, 1.165) is 6.07 Å². The Morgan fingerprint density at radius 3 is 2.26 bits per heavy atom. The van der Waals surface area contributed by atoms with E-state index in [-0.39, 0.29) is 19.7 Å². The van der Waals surface area contributed by atoms with Gasteiger partial charge in [-0.15, -0.1) is 11.3 Å². The van der Waals surface area contributed by atoms with Gasteiger partial charge in [-0.1, -0.05) is 24.6 Å². The van der Waals surface area contributed by atoms with Crippen molar-refractivity contribution in [3.05, 3.63) is 42.5 Å². The van der Waals surface area contributed by atoms with Gasteiger partial charge in [-0.05, 0) is 43.7 Å². The zero-order valence-electron chi connectivity index (χ0n) is 14.2. The van der Waals surface area contributed by atoms with Crippen molar-refractivity contribution in [1.29, 1.82) is 0 Å². The summed E-state index contributed by atoms with van der Waals surface area (Å²) in [6.07, 6.45) is 1.12. The number of hydrogen-bond donors (Lipinski definition) is 3. The van der Waals surface area contributed by atoms with Gasteiger partial charge in [0.05, 0.1) is 4.90 Å². The quantitative estimate of drug-likeness (QED) is 0.482. The summed E-state index contributed by atoms with van der Waals surface area (Å²) >= 11 is 0.572. The van der Waals surface area contributed by atoms with Crippen LogP contribution >= 0.6 is 11.3 Å². The third kappa shape index (κ3) is 5.36. The highest BCUT2D eigenvalue weighted by Gasteiger charge is 2.28. The molecule has 11 heteroatoms. The van der Waals surface area contributed by atoms with Crippen LogP contribution in [0.4, 0.5) is 0 Å². The maximum absolute atomic E-state index is 12.6. The Kier molecular flexibility index (Phi) is 7.12. The molecule has 0 saturated carbocycles. The molecule has 2 aromatic rings. The summed E-state index contributed by atoms with van der Waals surface area (Å²) in [7, 11) is -8.02. The van der Waals surface area contributed by atoms with Crippen molar-refractivity contribution in [3.63, 3.8) is 0 Å². The monoisotopic (exact) mass is 432 g/mol. The maximum Gasteiger partial charge on any atom is 0.321 e. The summed E-state index contributed by atoms with van der Waals surface area (Å²) in [6, 6.07) is 8.69. The zero-order chi connectivity index (χ0) is 20.1. The van der Waals surface area contributed by atoms with Gasteiger partial charge in [-0.2, -0.15) is 4.72 Å². The second-order valence-electron chi connectivity index (χ2n) is 5.69. The molecule has 0 fully saturated rings. The topological polar surface area (TPSA) is 144 Å². The van der Waals surface area contributed by atoms with Crippen LogP contribution in [0.15, 0.2) is 55.8 Å². The first-order valence-electron chi connectivity index (χ1n) is 8.03. The lowest BCUT2D eigenvalue weighted by atomic mass is 10.1. The molecule has 1 heterocycles. The minimum Gasteiger partial charge on any atom is -0.480 e. The molecule has 0 aliphatic heterocycles. The molecule has 0 radical (unpaired) electrons. The molecule has 1 aromatic carbocycles. The molecule has 0 bridgehead atoms. The first-order valence-corrected chi connectivity index (χ1v) is 11.8. The van der Waals surface area contributed by atoms with Crippen molar-refractivity contribution < 1.29 is 26.7 Å². The summed E-state index contributed by atoms with van der Waals surface area (Å²) in [6.45, 7) is 0.380. The van der Waals surface area contributed by atoms with E-state index in [0.29, 0.717) is 30.7 Å². The Balaban J connectivity index is 2.24. The Morgan fingerprint density at radius 2 is 1.67 bits per heavy atom. The predicted molar refractivity (Wildman–Crippen MR) is 101 cm³/mol. The van der Waals surface area contributed by atoms with Gasteiger partial charge in [0.15, 0.2) is 0 Å². The molecule has 0 amide bonds. The van der Waals surface area contributed by atoms with Crippen LogP contribution in [0.3, 0.4) is 0 Å². The lowest BCUT2D eigenvalue weighted by Gasteiger charge is -2.13. The minimum atomic E-state index is -4.17. The molecule has 0 aliphatic rings. The Hall–Kier alpha value is -1.79. The number of hydrogen-bond acceptors (Lipinski definition) is 7. The molecule has 0 spiro atoms. The first-order chi connectivity index (χ1) is 12.7. The van der Waals surface area contributed by atoms with Gasteiger partial charge in [0.25, 0.3) is 10.0 Å². The molecule has 1 atom stereocenters. The van der Waals surface area contributed by atoms with E-state index in [1.165, 1.54) is 18.2 Å². The van der Waals surface area contributed by atoms with Crippen LogP contribution in [-0.4, -0.2) is 40.5 Å². The molecule has 2 rings (SSSR count). The zero-order valence-corrected chi connectivity index (χ0v) is 16.7. The molecule has 0 unspecified atom stereocenters. The molecule has 27 heavy (non-hydrogen) atoms. The van der Waals surface area contributed by atoms with Gasteiger partial charge in [0.1, 0.15) is 14.5 Å². The van der Waals surface area contributed by atoms with E-state index in [1.54, 1.807) is 18.2 Å². The van der Waals surface area contributed by atoms with Gasteiger partial charge in [0.2, 0.25) is 9.84 Å². The molecule has 0 saturated heterocycles. The van der Waals surface area contributed by atoms with E-state index in [9.17, 15) is 26.7 Å². The Labute approximate surface area is 162 Å². The normalized spacial score (nSPS) is 13.4. The predicted octanol–water partition coefficient (Wildman–Crippen LogP) is 1.44. The van der Waals surface area contributed by atoms with Crippen molar-refractivity contribution in [2.45, 2.75) is 38.6 Å². The highest BCUT2D eigenvalue weighted by Crippen LogP contribution is 2.30. The smallest absolute Gasteiger partial charge is 0.321 e. The number of benzene rings is 1. The molecule has 8 nitrogen and oxygen atoms in total. The molecular formula is C16H20N2O6S3. The number of carbonyl (C=O) groups is 1.